The maximum absolute atomic E-state index is 14.1. The van der Waals surface area contributed by atoms with E-state index in [0.29, 0.717) is 23.1 Å². The van der Waals surface area contributed by atoms with Crippen LogP contribution in [0, 0.1) is 17.7 Å². The number of aliphatic hydroxyl groups excluding tert-OH is 1. The van der Waals surface area contributed by atoms with Crippen LogP contribution in [0.1, 0.15) is 38.9 Å². The van der Waals surface area contributed by atoms with Crippen molar-refractivity contribution in [2.24, 2.45) is 11.8 Å². The summed E-state index contributed by atoms with van der Waals surface area (Å²) in [5.41, 5.74) is 1.30. The zero-order chi connectivity index (χ0) is 13.3. The van der Waals surface area contributed by atoms with Gasteiger partial charge in [0.15, 0.2) is 0 Å². The van der Waals surface area contributed by atoms with Gasteiger partial charge in [-0.1, -0.05) is 19.9 Å². The zero-order valence-electron chi connectivity index (χ0n) is 11.4. The lowest BCUT2D eigenvalue weighted by atomic mass is 9.88. The number of rotatable bonds is 2. The van der Waals surface area contributed by atoms with Gasteiger partial charge in [0.1, 0.15) is 5.82 Å². The molecule has 0 amide bonds. The van der Waals surface area contributed by atoms with Crippen LogP contribution in [0.25, 0.3) is 0 Å². The molecule has 100 valence electrons. The maximum atomic E-state index is 14.1. The maximum Gasteiger partial charge on any atom is 0.146 e. The van der Waals surface area contributed by atoms with Crippen molar-refractivity contribution in [2.45, 2.75) is 33.3 Å². The summed E-state index contributed by atoms with van der Waals surface area (Å²) in [5, 5.41) is 9.45. The molecule has 3 atom stereocenters. The molecule has 1 aromatic carbocycles. The van der Waals surface area contributed by atoms with Gasteiger partial charge in [-0.15, -0.1) is 0 Å². The minimum absolute atomic E-state index is 0.227. The van der Waals surface area contributed by atoms with E-state index in [0.717, 1.165) is 19.5 Å². The standard InChI is InChI=1S/C15H22FNO/c1-10-6-7-17(9-11(10)2)15-5-4-13(12(3)18)8-14(15)16/h4-5,8,10-12,18H,6-7,9H2,1-3H3. The first-order valence-electron chi connectivity index (χ1n) is 6.71. The SMILES string of the molecule is CC(O)c1ccc(N2CCC(C)C(C)C2)c(F)c1. The number of hydrogen-bond acceptors (Lipinski definition) is 2. The molecule has 1 N–H and O–H groups in total. The Bertz CT molecular complexity index is 419. The molecule has 2 rings (SSSR count). The zero-order valence-corrected chi connectivity index (χ0v) is 11.4. The molecule has 0 aliphatic carbocycles. The Morgan fingerprint density at radius 1 is 1.33 bits per heavy atom. The number of anilines is 1. The molecule has 0 radical (unpaired) electrons. The van der Waals surface area contributed by atoms with E-state index in [1.165, 1.54) is 6.07 Å². The van der Waals surface area contributed by atoms with Crippen LogP contribution in [0.3, 0.4) is 0 Å². The van der Waals surface area contributed by atoms with Gasteiger partial charge in [-0.25, -0.2) is 4.39 Å². The van der Waals surface area contributed by atoms with Gasteiger partial charge in [-0.05, 0) is 42.9 Å². The van der Waals surface area contributed by atoms with E-state index in [2.05, 4.69) is 18.7 Å². The van der Waals surface area contributed by atoms with E-state index in [9.17, 15) is 9.50 Å². The van der Waals surface area contributed by atoms with Crippen LogP contribution in [-0.4, -0.2) is 18.2 Å². The van der Waals surface area contributed by atoms with E-state index >= 15 is 0 Å². The van der Waals surface area contributed by atoms with Gasteiger partial charge >= 0.3 is 0 Å². The first kappa shape index (κ1) is 13.3. The van der Waals surface area contributed by atoms with Gasteiger partial charge in [-0.2, -0.15) is 0 Å². The Kier molecular flexibility index (Phi) is 3.91. The van der Waals surface area contributed by atoms with E-state index in [-0.39, 0.29) is 5.82 Å². The van der Waals surface area contributed by atoms with Gasteiger partial charge in [0.2, 0.25) is 0 Å². The number of benzene rings is 1. The second-order valence-electron chi connectivity index (χ2n) is 5.58. The minimum atomic E-state index is -0.617. The molecule has 0 aromatic heterocycles. The summed E-state index contributed by atoms with van der Waals surface area (Å²) in [6.07, 6.45) is 0.493. The Balaban J connectivity index is 2.19. The van der Waals surface area contributed by atoms with Crippen molar-refractivity contribution in [2.75, 3.05) is 18.0 Å². The molecule has 0 bridgehead atoms. The van der Waals surface area contributed by atoms with E-state index in [1.54, 1.807) is 13.0 Å². The summed E-state index contributed by atoms with van der Waals surface area (Å²) >= 11 is 0. The molecule has 3 unspecified atom stereocenters. The number of halogens is 1. The molecule has 1 heterocycles. The number of nitrogens with zero attached hydrogens (tertiary/aromatic N) is 1. The lowest BCUT2D eigenvalue weighted by molar-refractivity contribution is 0.199. The first-order valence-corrected chi connectivity index (χ1v) is 6.71. The number of piperidine rings is 1. The van der Waals surface area contributed by atoms with Crippen LogP contribution in [0.2, 0.25) is 0 Å². The van der Waals surface area contributed by atoms with Crippen molar-refractivity contribution in [3.63, 3.8) is 0 Å². The fourth-order valence-corrected chi connectivity index (χ4v) is 2.52. The fraction of sp³-hybridized carbons (Fsp3) is 0.600. The quantitative estimate of drug-likeness (QED) is 0.871. The third-order valence-electron chi connectivity index (χ3n) is 4.13. The Morgan fingerprint density at radius 3 is 2.61 bits per heavy atom. The molecular formula is C15H22FNO. The summed E-state index contributed by atoms with van der Waals surface area (Å²) in [6, 6.07) is 5.05. The summed E-state index contributed by atoms with van der Waals surface area (Å²) in [6.45, 7) is 7.95. The topological polar surface area (TPSA) is 23.5 Å². The molecule has 2 nitrogen and oxygen atoms in total. The van der Waals surface area contributed by atoms with E-state index in [1.807, 2.05) is 6.07 Å². The highest BCUT2D eigenvalue weighted by Crippen LogP contribution is 2.29. The predicted molar refractivity (Wildman–Crippen MR) is 72.2 cm³/mol. The molecule has 0 saturated carbocycles. The van der Waals surface area contributed by atoms with Gasteiger partial charge in [0, 0.05) is 13.1 Å². The van der Waals surface area contributed by atoms with Crippen LogP contribution >= 0.6 is 0 Å². The molecule has 1 aliphatic heterocycles. The predicted octanol–water partition coefficient (Wildman–Crippen LogP) is 3.36. The van der Waals surface area contributed by atoms with Crippen LogP contribution in [0.15, 0.2) is 18.2 Å². The normalized spacial score (nSPS) is 26.2. The van der Waals surface area contributed by atoms with Crippen LogP contribution < -0.4 is 4.90 Å². The van der Waals surface area contributed by atoms with Gasteiger partial charge in [0.25, 0.3) is 0 Å². The summed E-state index contributed by atoms with van der Waals surface area (Å²) < 4.78 is 14.1. The largest absolute Gasteiger partial charge is 0.389 e. The van der Waals surface area contributed by atoms with Crippen molar-refractivity contribution >= 4 is 5.69 Å². The highest BCUT2D eigenvalue weighted by molar-refractivity contribution is 5.50. The summed E-state index contributed by atoms with van der Waals surface area (Å²) in [4.78, 5) is 2.12. The van der Waals surface area contributed by atoms with Crippen molar-refractivity contribution < 1.29 is 9.50 Å². The van der Waals surface area contributed by atoms with E-state index in [4.69, 9.17) is 0 Å². The second kappa shape index (κ2) is 5.27. The molecule has 3 heteroatoms. The van der Waals surface area contributed by atoms with Gasteiger partial charge in [-0.3, -0.25) is 0 Å². The van der Waals surface area contributed by atoms with Crippen LogP contribution in [0.5, 0.6) is 0 Å². The van der Waals surface area contributed by atoms with Gasteiger partial charge < -0.3 is 10.0 Å². The second-order valence-corrected chi connectivity index (χ2v) is 5.58. The third kappa shape index (κ3) is 2.66. The first-order chi connectivity index (χ1) is 8.49. The average Bonchev–Trinajstić information content (AvgIpc) is 2.32. The number of aliphatic hydroxyl groups is 1. The lowest BCUT2D eigenvalue weighted by Gasteiger charge is -2.37. The Hall–Kier alpha value is -1.09. The summed E-state index contributed by atoms with van der Waals surface area (Å²) in [5.74, 6) is 1.07. The van der Waals surface area contributed by atoms with Gasteiger partial charge in [0.05, 0.1) is 11.8 Å². The number of hydrogen-bond donors (Lipinski definition) is 1. The molecule has 18 heavy (non-hydrogen) atoms. The van der Waals surface area contributed by atoms with E-state index < -0.39 is 6.10 Å². The third-order valence-corrected chi connectivity index (χ3v) is 4.13. The van der Waals surface area contributed by atoms with Crippen molar-refractivity contribution in [3.8, 4) is 0 Å². The van der Waals surface area contributed by atoms with Crippen molar-refractivity contribution in [1.29, 1.82) is 0 Å². The van der Waals surface area contributed by atoms with Crippen molar-refractivity contribution in [3.05, 3.63) is 29.6 Å². The highest BCUT2D eigenvalue weighted by Gasteiger charge is 2.24. The molecular weight excluding hydrogens is 229 g/mol. The Labute approximate surface area is 108 Å². The minimum Gasteiger partial charge on any atom is -0.389 e. The van der Waals surface area contributed by atoms with Crippen LogP contribution in [0.4, 0.5) is 10.1 Å². The Morgan fingerprint density at radius 2 is 2.06 bits per heavy atom. The highest BCUT2D eigenvalue weighted by atomic mass is 19.1. The monoisotopic (exact) mass is 251 g/mol. The molecule has 1 aliphatic rings. The van der Waals surface area contributed by atoms with Crippen molar-refractivity contribution in [1.82, 2.24) is 0 Å². The fourth-order valence-electron chi connectivity index (χ4n) is 2.52. The van der Waals surface area contributed by atoms with Crippen LogP contribution in [-0.2, 0) is 0 Å². The summed E-state index contributed by atoms with van der Waals surface area (Å²) in [7, 11) is 0. The molecule has 1 saturated heterocycles. The smallest absolute Gasteiger partial charge is 0.146 e. The molecule has 1 fully saturated rings. The molecule has 0 spiro atoms. The lowest BCUT2D eigenvalue weighted by Crippen LogP contribution is -2.38. The average molecular weight is 251 g/mol. The molecule has 1 aromatic rings.